The molecule has 1 N–H and O–H groups in total. The average molecular weight is 239 g/mol. The monoisotopic (exact) mass is 239 g/mol. The van der Waals surface area contributed by atoms with Crippen molar-refractivity contribution in [2.24, 2.45) is 0 Å². The summed E-state index contributed by atoms with van der Waals surface area (Å²) in [5.41, 5.74) is 0. The van der Waals surface area contributed by atoms with Crippen molar-refractivity contribution in [2.75, 3.05) is 13.1 Å². The van der Waals surface area contributed by atoms with Gasteiger partial charge < -0.3 is 14.8 Å². The zero-order valence-corrected chi connectivity index (χ0v) is 9.48. The first kappa shape index (κ1) is 11.9. The molecule has 5 heteroatoms. The predicted molar refractivity (Wildman–Crippen MR) is 59.2 cm³/mol. The number of hydrogen-bond acceptors (Lipinski definition) is 4. The highest BCUT2D eigenvalue weighted by Crippen LogP contribution is 2.17. The number of carbonyl (C=O) groups excluding carboxylic acids is 1. The van der Waals surface area contributed by atoms with Gasteiger partial charge in [0.25, 0.3) is 0 Å². The molecule has 0 radical (unpaired) electrons. The Labute approximate surface area is 98.7 Å². The van der Waals surface area contributed by atoms with Crippen LogP contribution in [0.5, 0.6) is 5.75 Å². The number of hydrogen-bond donors (Lipinski definition) is 1. The van der Waals surface area contributed by atoms with Crippen molar-refractivity contribution in [3.63, 3.8) is 0 Å². The topological polar surface area (TPSA) is 47.6 Å². The Morgan fingerprint density at radius 3 is 2.88 bits per heavy atom. The minimum atomic E-state index is -0.350. The van der Waals surface area contributed by atoms with Crippen molar-refractivity contribution in [1.29, 1.82) is 0 Å². The fourth-order valence-electron chi connectivity index (χ4n) is 1.79. The van der Waals surface area contributed by atoms with Gasteiger partial charge in [-0.05, 0) is 12.1 Å². The maximum absolute atomic E-state index is 13.0. The van der Waals surface area contributed by atoms with Crippen molar-refractivity contribution >= 4 is 5.97 Å². The van der Waals surface area contributed by atoms with Crippen molar-refractivity contribution < 1.29 is 18.7 Å². The summed E-state index contributed by atoms with van der Waals surface area (Å²) in [6, 6.07) is 5.91. The minimum Gasteiger partial charge on any atom is -0.485 e. The third-order valence-corrected chi connectivity index (χ3v) is 2.51. The molecule has 0 bridgehead atoms. The highest BCUT2D eigenvalue weighted by Gasteiger charge is 2.31. The smallest absolute Gasteiger partial charge is 0.303 e. The van der Waals surface area contributed by atoms with Gasteiger partial charge in [0.2, 0.25) is 0 Å². The van der Waals surface area contributed by atoms with E-state index < -0.39 is 0 Å². The van der Waals surface area contributed by atoms with Crippen LogP contribution in [0.15, 0.2) is 24.3 Å². The summed E-state index contributed by atoms with van der Waals surface area (Å²) in [6.07, 6.45) is -0.600. The van der Waals surface area contributed by atoms with Gasteiger partial charge in [-0.2, -0.15) is 0 Å². The Hall–Kier alpha value is -1.62. The molecule has 1 aliphatic rings. The van der Waals surface area contributed by atoms with Crippen LogP contribution < -0.4 is 10.1 Å². The normalized spacial score (nSPS) is 23.4. The lowest BCUT2D eigenvalue weighted by Gasteiger charge is -2.19. The maximum atomic E-state index is 13.0. The van der Waals surface area contributed by atoms with E-state index in [0.29, 0.717) is 18.8 Å². The zero-order chi connectivity index (χ0) is 12.3. The molecule has 0 unspecified atom stereocenters. The molecule has 4 nitrogen and oxygen atoms in total. The van der Waals surface area contributed by atoms with E-state index in [1.807, 2.05) is 0 Å². The van der Waals surface area contributed by atoms with E-state index in [0.717, 1.165) is 0 Å². The van der Waals surface area contributed by atoms with Gasteiger partial charge in [0.1, 0.15) is 17.7 Å². The molecule has 17 heavy (non-hydrogen) atoms. The van der Waals surface area contributed by atoms with Crippen LogP contribution in [-0.4, -0.2) is 31.3 Å². The van der Waals surface area contributed by atoms with E-state index in [-0.39, 0.29) is 24.0 Å². The summed E-state index contributed by atoms with van der Waals surface area (Å²) in [6.45, 7) is 2.49. The van der Waals surface area contributed by atoms with E-state index in [9.17, 15) is 9.18 Å². The highest BCUT2D eigenvalue weighted by atomic mass is 19.1. The van der Waals surface area contributed by atoms with Gasteiger partial charge in [-0.25, -0.2) is 4.39 Å². The Bertz CT molecular complexity index is 410. The molecule has 1 aliphatic heterocycles. The van der Waals surface area contributed by atoms with Gasteiger partial charge in [0.05, 0.1) is 0 Å². The van der Waals surface area contributed by atoms with Gasteiger partial charge in [-0.15, -0.1) is 0 Å². The summed E-state index contributed by atoms with van der Waals surface area (Å²) in [5, 5.41) is 3.07. The van der Waals surface area contributed by atoms with Crippen LogP contribution in [0.25, 0.3) is 0 Å². The number of ether oxygens (including phenoxy) is 2. The summed E-state index contributed by atoms with van der Waals surface area (Å²) >= 11 is 0. The molecule has 1 aromatic carbocycles. The van der Waals surface area contributed by atoms with E-state index in [4.69, 9.17) is 9.47 Å². The first-order chi connectivity index (χ1) is 8.15. The number of nitrogens with one attached hydrogen (secondary N) is 1. The molecule has 0 aliphatic carbocycles. The van der Waals surface area contributed by atoms with Crippen molar-refractivity contribution in [1.82, 2.24) is 5.32 Å². The van der Waals surface area contributed by atoms with Crippen molar-refractivity contribution in [3.05, 3.63) is 30.1 Å². The van der Waals surface area contributed by atoms with E-state index in [1.54, 1.807) is 12.1 Å². The number of benzene rings is 1. The Morgan fingerprint density at radius 2 is 2.18 bits per heavy atom. The zero-order valence-electron chi connectivity index (χ0n) is 9.48. The predicted octanol–water partition coefficient (Wildman–Crippen LogP) is 1.11. The highest BCUT2D eigenvalue weighted by molar-refractivity contribution is 5.66. The second-order valence-corrected chi connectivity index (χ2v) is 3.92. The second kappa shape index (κ2) is 5.14. The van der Waals surface area contributed by atoms with Crippen LogP contribution in [0.1, 0.15) is 6.92 Å². The lowest BCUT2D eigenvalue weighted by molar-refractivity contribution is -0.148. The van der Waals surface area contributed by atoms with Crippen LogP contribution in [0.4, 0.5) is 4.39 Å². The number of carbonyl (C=O) groups is 1. The van der Waals surface area contributed by atoms with Crippen molar-refractivity contribution in [3.8, 4) is 5.75 Å². The van der Waals surface area contributed by atoms with Gasteiger partial charge in [-0.1, -0.05) is 6.07 Å². The van der Waals surface area contributed by atoms with Gasteiger partial charge >= 0.3 is 5.97 Å². The number of rotatable bonds is 3. The Morgan fingerprint density at radius 1 is 1.41 bits per heavy atom. The SMILES string of the molecule is CC(=O)O[C@@H]1CNC[C@H]1Oc1cccc(F)c1. The van der Waals surface area contributed by atoms with E-state index in [2.05, 4.69) is 5.32 Å². The molecule has 0 aromatic heterocycles. The third kappa shape index (κ3) is 3.17. The summed E-state index contributed by atoms with van der Waals surface area (Å²) in [5.74, 6) is -0.250. The standard InChI is InChI=1S/C12H14FNO3/c1-8(15)16-11-6-14-7-12(11)17-10-4-2-3-9(13)5-10/h2-5,11-12,14H,6-7H2,1H3/t11-,12-/m1/s1. The molecule has 1 fully saturated rings. The van der Waals surface area contributed by atoms with Gasteiger partial charge in [-0.3, -0.25) is 4.79 Å². The molecule has 2 atom stereocenters. The summed E-state index contributed by atoms with van der Waals surface area (Å²) in [7, 11) is 0. The van der Waals surface area contributed by atoms with E-state index >= 15 is 0 Å². The fourth-order valence-corrected chi connectivity index (χ4v) is 1.79. The van der Waals surface area contributed by atoms with Crippen LogP contribution in [0.2, 0.25) is 0 Å². The lowest BCUT2D eigenvalue weighted by atomic mass is 10.2. The number of esters is 1. The third-order valence-electron chi connectivity index (χ3n) is 2.51. The van der Waals surface area contributed by atoms with Gasteiger partial charge in [0.15, 0.2) is 6.10 Å². The minimum absolute atomic E-state index is 0.277. The largest absolute Gasteiger partial charge is 0.485 e. The molecule has 92 valence electrons. The quantitative estimate of drug-likeness (QED) is 0.803. The van der Waals surface area contributed by atoms with Crippen LogP contribution >= 0.6 is 0 Å². The lowest BCUT2D eigenvalue weighted by Crippen LogP contribution is -2.33. The molecular weight excluding hydrogens is 225 g/mol. The summed E-state index contributed by atoms with van der Waals surface area (Å²) in [4.78, 5) is 10.9. The molecular formula is C12H14FNO3. The van der Waals surface area contributed by atoms with Crippen LogP contribution in [0, 0.1) is 5.82 Å². The molecule has 0 saturated carbocycles. The molecule has 1 heterocycles. The van der Waals surface area contributed by atoms with Crippen LogP contribution in [0.3, 0.4) is 0 Å². The van der Waals surface area contributed by atoms with Crippen LogP contribution in [-0.2, 0) is 9.53 Å². The molecule has 0 spiro atoms. The summed E-state index contributed by atoms with van der Waals surface area (Å²) < 4.78 is 23.7. The Balaban J connectivity index is 2.00. The van der Waals surface area contributed by atoms with Gasteiger partial charge in [0, 0.05) is 26.1 Å². The fraction of sp³-hybridized carbons (Fsp3) is 0.417. The molecule has 1 aromatic rings. The number of halogens is 1. The molecule has 2 rings (SSSR count). The van der Waals surface area contributed by atoms with Crippen molar-refractivity contribution in [2.45, 2.75) is 19.1 Å². The molecule has 0 amide bonds. The maximum Gasteiger partial charge on any atom is 0.303 e. The first-order valence-corrected chi connectivity index (χ1v) is 5.45. The van der Waals surface area contributed by atoms with E-state index in [1.165, 1.54) is 19.1 Å². The Kier molecular flexibility index (Phi) is 3.58. The second-order valence-electron chi connectivity index (χ2n) is 3.92. The average Bonchev–Trinajstić information content (AvgIpc) is 2.65. The first-order valence-electron chi connectivity index (χ1n) is 5.45. The molecule has 1 saturated heterocycles.